The first-order valence-corrected chi connectivity index (χ1v) is 8.02. The van der Waals surface area contributed by atoms with Gasteiger partial charge in [-0.25, -0.2) is 4.79 Å². The number of halogens is 3. The number of hydrogen-bond donors (Lipinski definition) is 1. The molecule has 0 fully saturated rings. The zero-order valence-electron chi connectivity index (χ0n) is 14.4. The summed E-state index contributed by atoms with van der Waals surface area (Å²) in [4.78, 5) is 13.7. The molecule has 0 bridgehead atoms. The number of alkyl halides is 3. The van der Waals surface area contributed by atoms with Crippen LogP contribution in [0.25, 0.3) is 5.57 Å². The molecule has 138 valence electrons. The lowest BCUT2D eigenvalue weighted by Gasteiger charge is -2.34. The second kappa shape index (κ2) is 7.07. The number of aliphatic hydroxyl groups excluding tert-OH is 1. The van der Waals surface area contributed by atoms with Crippen LogP contribution in [-0.2, 0) is 10.9 Å². The summed E-state index contributed by atoms with van der Waals surface area (Å²) in [6.45, 7) is 5.01. The third-order valence-corrected chi connectivity index (χ3v) is 3.83. The van der Waals surface area contributed by atoms with Crippen LogP contribution in [-0.4, -0.2) is 34.3 Å². The van der Waals surface area contributed by atoms with E-state index < -0.39 is 29.5 Å². The molecule has 7 heteroatoms. The van der Waals surface area contributed by atoms with Crippen molar-refractivity contribution in [3.8, 4) is 0 Å². The molecule has 1 aromatic rings. The fourth-order valence-corrected chi connectivity index (χ4v) is 2.59. The van der Waals surface area contributed by atoms with E-state index in [1.54, 1.807) is 27.0 Å². The fraction of sp³-hybridized carbons (Fsp3) is 0.500. The van der Waals surface area contributed by atoms with Crippen molar-refractivity contribution in [3.63, 3.8) is 0 Å². The molecular weight excluding hydrogens is 335 g/mol. The monoisotopic (exact) mass is 357 g/mol. The van der Waals surface area contributed by atoms with Gasteiger partial charge in [-0.2, -0.15) is 13.2 Å². The lowest BCUT2D eigenvalue weighted by Crippen LogP contribution is -2.43. The topological polar surface area (TPSA) is 49.8 Å². The van der Waals surface area contributed by atoms with Crippen LogP contribution in [0.5, 0.6) is 0 Å². The van der Waals surface area contributed by atoms with Crippen molar-refractivity contribution in [3.05, 3.63) is 41.6 Å². The van der Waals surface area contributed by atoms with Gasteiger partial charge in [-0.05, 0) is 56.9 Å². The number of nitrogens with zero attached hydrogens (tertiary/aromatic N) is 1. The van der Waals surface area contributed by atoms with E-state index in [2.05, 4.69) is 0 Å². The Morgan fingerprint density at radius 3 is 2.32 bits per heavy atom. The Balaban J connectivity index is 2.27. The van der Waals surface area contributed by atoms with E-state index in [0.717, 1.165) is 17.7 Å². The molecule has 0 saturated carbocycles. The van der Waals surface area contributed by atoms with Crippen molar-refractivity contribution in [2.45, 2.75) is 51.4 Å². The molecule has 0 saturated heterocycles. The van der Waals surface area contributed by atoms with Gasteiger partial charge in [-0.3, -0.25) is 4.90 Å². The Morgan fingerprint density at radius 1 is 1.24 bits per heavy atom. The molecule has 1 aromatic carbocycles. The average Bonchev–Trinajstić information content (AvgIpc) is 2.52. The molecule has 0 aromatic heterocycles. The highest BCUT2D eigenvalue weighted by molar-refractivity contribution is 5.75. The summed E-state index contributed by atoms with van der Waals surface area (Å²) in [5.41, 5.74) is -0.0659. The Labute approximate surface area is 144 Å². The van der Waals surface area contributed by atoms with Gasteiger partial charge >= 0.3 is 12.3 Å². The van der Waals surface area contributed by atoms with Gasteiger partial charge in [0, 0.05) is 6.20 Å². The van der Waals surface area contributed by atoms with Crippen LogP contribution in [0.15, 0.2) is 30.5 Å². The number of amides is 1. The van der Waals surface area contributed by atoms with Gasteiger partial charge < -0.3 is 9.84 Å². The summed E-state index contributed by atoms with van der Waals surface area (Å²) in [5.74, 6) is 0. The first-order chi connectivity index (χ1) is 11.5. The number of carbonyl (C=O) groups is 1. The Bertz CT molecular complexity index is 645. The quantitative estimate of drug-likeness (QED) is 0.851. The van der Waals surface area contributed by atoms with Crippen LogP contribution in [0, 0.1) is 0 Å². The first-order valence-electron chi connectivity index (χ1n) is 8.02. The van der Waals surface area contributed by atoms with Crippen molar-refractivity contribution in [1.29, 1.82) is 0 Å². The molecule has 2 rings (SSSR count). The minimum absolute atomic E-state index is 0.212. The SMILES string of the molecule is CC(C)(C)OC(=O)N1C=C(c2ccc(C(F)(F)F)cc2)CC[C@H]1CO. The van der Waals surface area contributed by atoms with Gasteiger partial charge in [-0.1, -0.05) is 12.1 Å². The Morgan fingerprint density at radius 2 is 1.84 bits per heavy atom. The molecule has 0 unspecified atom stereocenters. The normalized spacial score (nSPS) is 18.8. The number of aliphatic hydroxyl groups is 1. The van der Waals surface area contributed by atoms with Crippen LogP contribution >= 0.6 is 0 Å². The summed E-state index contributed by atoms with van der Waals surface area (Å²) in [6.07, 6.45) is -2.36. The third-order valence-electron chi connectivity index (χ3n) is 3.83. The number of carbonyl (C=O) groups excluding carboxylic acids is 1. The zero-order valence-corrected chi connectivity index (χ0v) is 14.4. The molecule has 1 heterocycles. The van der Waals surface area contributed by atoms with Crippen molar-refractivity contribution in [2.24, 2.45) is 0 Å². The van der Waals surface area contributed by atoms with E-state index in [9.17, 15) is 23.1 Å². The molecule has 0 spiro atoms. The molecule has 1 atom stereocenters. The third kappa shape index (κ3) is 4.98. The van der Waals surface area contributed by atoms with E-state index in [1.807, 2.05) is 0 Å². The van der Waals surface area contributed by atoms with Crippen LogP contribution in [0.3, 0.4) is 0 Å². The van der Waals surface area contributed by atoms with E-state index in [-0.39, 0.29) is 6.61 Å². The maximum Gasteiger partial charge on any atom is 0.416 e. The van der Waals surface area contributed by atoms with E-state index >= 15 is 0 Å². The maximum absolute atomic E-state index is 12.7. The standard InChI is InChI=1S/C18H22F3NO3/c1-17(2,3)25-16(24)22-10-13(6-9-15(22)11-23)12-4-7-14(8-5-12)18(19,20)21/h4-5,7-8,10,15,23H,6,9,11H2,1-3H3/t15-/m0/s1. The predicted octanol–water partition coefficient (Wildman–Crippen LogP) is 4.44. The molecule has 0 aliphatic carbocycles. The molecular formula is C18H22F3NO3. The Kier molecular flexibility index (Phi) is 5.46. The highest BCUT2D eigenvalue weighted by atomic mass is 19.4. The minimum Gasteiger partial charge on any atom is -0.443 e. The van der Waals surface area contributed by atoms with Gasteiger partial charge in [0.2, 0.25) is 0 Å². The first kappa shape index (κ1) is 19.3. The van der Waals surface area contributed by atoms with Gasteiger partial charge in [0.15, 0.2) is 0 Å². The molecule has 1 amide bonds. The molecule has 4 nitrogen and oxygen atoms in total. The van der Waals surface area contributed by atoms with Crippen LogP contribution in [0.4, 0.5) is 18.0 Å². The molecule has 1 aliphatic heterocycles. The van der Waals surface area contributed by atoms with Gasteiger partial charge in [0.1, 0.15) is 5.60 Å². The number of allylic oxidation sites excluding steroid dienone is 1. The molecule has 1 aliphatic rings. The van der Waals surface area contributed by atoms with E-state index in [0.29, 0.717) is 18.4 Å². The molecule has 1 N–H and O–H groups in total. The number of rotatable bonds is 2. The number of benzene rings is 1. The van der Waals surface area contributed by atoms with Crippen molar-refractivity contribution in [1.82, 2.24) is 4.90 Å². The van der Waals surface area contributed by atoms with Gasteiger partial charge in [0.25, 0.3) is 0 Å². The summed E-state index contributed by atoms with van der Waals surface area (Å²) >= 11 is 0. The minimum atomic E-state index is -4.38. The largest absolute Gasteiger partial charge is 0.443 e. The number of hydrogen-bond acceptors (Lipinski definition) is 3. The predicted molar refractivity (Wildman–Crippen MR) is 87.6 cm³/mol. The molecule has 0 radical (unpaired) electrons. The van der Waals surface area contributed by atoms with Crippen LogP contribution < -0.4 is 0 Å². The second-order valence-electron chi connectivity index (χ2n) is 6.99. The van der Waals surface area contributed by atoms with Crippen molar-refractivity contribution >= 4 is 11.7 Å². The summed E-state index contributed by atoms with van der Waals surface area (Å²) < 4.78 is 43.4. The highest BCUT2D eigenvalue weighted by Crippen LogP contribution is 2.33. The van der Waals surface area contributed by atoms with Gasteiger partial charge in [0.05, 0.1) is 18.2 Å². The summed E-state index contributed by atoms with van der Waals surface area (Å²) in [5, 5.41) is 9.49. The van der Waals surface area contributed by atoms with Gasteiger partial charge in [-0.15, -0.1) is 0 Å². The maximum atomic E-state index is 12.7. The van der Waals surface area contributed by atoms with E-state index in [1.165, 1.54) is 17.0 Å². The van der Waals surface area contributed by atoms with Crippen molar-refractivity contribution < 1.29 is 27.8 Å². The van der Waals surface area contributed by atoms with E-state index in [4.69, 9.17) is 4.74 Å². The smallest absolute Gasteiger partial charge is 0.416 e. The van der Waals surface area contributed by atoms with Crippen LogP contribution in [0.1, 0.15) is 44.7 Å². The molecule has 25 heavy (non-hydrogen) atoms. The lowest BCUT2D eigenvalue weighted by molar-refractivity contribution is -0.137. The average molecular weight is 357 g/mol. The summed E-state index contributed by atoms with van der Waals surface area (Å²) in [7, 11) is 0. The van der Waals surface area contributed by atoms with Crippen molar-refractivity contribution in [2.75, 3.05) is 6.61 Å². The highest BCUT2D eigenvalue weighted by Gasteiger charge is 2.32. The Hall–Kier alpha value is -2.02. The zero-order chi connectivity index (χ0) is 18.8. The second-order valence-corrected chi connectivity index (χ2v) is 6.99. The lowest BCUT2D eigenvalue weighted by atomic mass is 9.95. The van der Waals surface area contributed by atoms with Crippen LogP contribution in [0.2, 0.25) is 0 Å². The number of ether oxygens (including phenoxy) is 1. The summed E-state index contributed by atoms with van der Waals surface area (Å²) in [6, 6.07) is 4.41. The fourth-order valence-electron chi connectivity index (χ4n) is 2.59.